The Hall–Kier alpha value is -1.23. The van der Waals surface area contributed by atoms with Gasteiger partial charge in [0.1, 0.15) is 5.01 Å². The lowest BCUT2D eigenvalue weighted by Crippen LogP contribution is -2.34. The highest BCUT2D eigenvalue weighted by Crippen LogP contribution is 2.26. The quantitative estimate of drug-likeness (QED) is 0.940. The second-order valence-electron chi connectivity index (χ2n) is 5.51. The topological polar surface area (TPSA) is 42.2 Å². The van der Waals surface area contributed by atoms with Crippen molar-refractivity contribution >= 4 is 11.3 Å². The van der Waals surface area contributed by atoms with Crippen LogP contribution in [-0.4, -0.2) is 29.0 Å². The molecule has 0 radical (unpaired) electrons. The van der Waals surface area contributed by atoms with E-state index in [2.05, 4.69) is 41.5 Å². The number of benzene rings is 1. The number of rotatable bonds is 4. The Labute approximate surface area is 124 Å². The zero-order valence-electron chi connectivity index (χ0n) is 11.9. The fourth-order valence-corrected chi connectivity index (χ4v) is 3.60. The summed E-state index contributed by atoms with van der Waals surface area (Å²) < 4.78 is 0. The molecule has 2 N–H and O–H groups in total. The van der Waals surface area contributed by atoms with Gasteiger partial charge in [-0.05, 0) is 26.3 Å². The second kappa shape index (κ2) is 6.04. The zero-order chi connectivity index (χ0) is 13.9. The van der Waals surface area contributed by atoms with E-state index < -0.39 is 0 Å². The van der Waals surface area contributed by atoms with Crippen molar-refractivity contribution in [2.45, 2.75) is 32.4 Å². The van der Waals surface area contributed by atoms with Crippen molar-refractivity contribution in [1.29, 1.82) is 0 Å². The number of nitrogens with two attached hydrogens (primary N) is 1. The molecule has 0 saturated carbocycles. The Morgan fingerprint density at radius 1 is 1.35 bits per heavy atom. The monoisotopic (exact) mass is 287 g/mol. The van der Waals surface area contributed by atoms with E-state index in [-0.39, 0.29) is 0 Å². The summed E-state index contributed by atoms with van der Waals surface area (Å²) in [5, 5.41) is 3.30. The SMILES string of the molecule is Cc1ccc(-c2nc(CN3CCCC3CN)cs2)cc1. The predicted octanol–water partition coefficient (Wildman–Crippen LogP) is 3.04. The first-order valence-electron chi connectivity index (χ1n) is 7.22. The molecule has 1 saturated heterocycles. The lowest BCUT2D eigenvalue weighted by Gasteiger charge is -2.21. The van der Waals surface area contributed by atoms with E-state index >= 15 is 0 Å². The van der Waals surface area contributed by atoms with Crippen LogP contribution < -0.4 is 5.73 Å². The van der Waals surface area contributed by atoms with E-state index in [0.29, 0.717) is 6.04 Å². The summed E-state index contributed by atoms with van der Waals surface area (Å²) >= 11 is 1.73. The number of aromatic nitrogens is 1. The molecule has 0 amide bonds. The van der Waals surface area contributed by atoms with Crippen LogP contribution in [0, 0.1) is 6.92 Å². The highest BCUT2D eigenvalue weighted by molar-refractivity contribution is 7.13. The third-order valence-electron chi connectivity index (χ3n) is 3.99. The van der Waals surface area contributed by atoms with Gasteiger partial charge in [0, 0.05) is 30.1 Å². The van der Waals surface area contributed by atoms with Crippen LogP contribution in [0.3, 0.4) is 0 Å². The Morgan fingerprint density at radius 3 is 2.90 bits per heavy atom. The molecule has 3 nitrogen and oxygen atoms in total. The van der Waals surface area contributed by atoms with Gasteiger partial charge in [0.05, 0.1) is 5.69 Å². The average Bonchev–Trinajstić information content (AvgIpc) is 3.09. The molecule has 4 heteroatoms. The van der Waals surface area contributed by atoms with Gasteiger partial charge in [0.15, 0.2) is 0 Å². The van der Waals surface area contributed by atoms with Gasteiger partial charge in [-0.25, -0.2) is 4.98 Å². The van der Waals surface area contributed by atoms with Crippen molar-refractivity contribution in [3.8, 4) is 10.6 Å². The van der Waals surface area contributed by atoms with E-state index in [0.717, 1.165) is 24.6 Å². The Morgan fingerprint density at radius 2 is 2.15 bits per heavy atom. The number of hydrogen-bond donors (Lipinski definition) is 1. The Bertz CT molecular complexity index is 561. The molecule has 1 aromatic carbocycles. The second-order valence-corrected chi connectivity index (χ2v) is 6.37. The van der Waals surface area contributed by atoms with E-state index in [1.54, 1.807) is 11.3 Å². The number of hydrogen-bond acceptors (Lipinski definition) is 4. The highest BCUT2D eigenvalue weighted by atomic mass is 32.1. The molecule has 0 spiro atoms. The van der Waals surface area contributed by atoms with Crippen LogP contribution in [-0.2, 0) is 6.54 Å². The lowest BCUT2D eigenvalue weighted by atomic mass is 10.2. The van der Waals surface area contributed by atoms with Crippen LogP contribution in [0.5, 0.6) is 0 Å². The first kappa shape index (κ1) is 13.7. The van der Waals surface area contributed by atoms with Crippen LogP contribution in [0.15, 0.2) is 29.6 Å². The predicted molar refractivity (Wildman–Crippen MR) is 84.8 cm³/mol. The number of nitrogens with zero attached hydrogens (tertiary/aromatic N) is 2. The van der Waals surface area contributed by atoms with Crippen molar-refractivity contribution in [2.75, 3.05) is 13.1 Å². The van der Waals surface area contributed by atoms with Crippen LogP contribution in [0.1, 0.15) is 24.1 Å². The van der Waals surface area contributed by atoms with Crippen LogP contribution in [0.25, 0.3) is 10.6 Å². The van der Waals surface area contributed by atoms with E-state index in [9.17, 15) is 0 Å². The number of aryl methyl sites for hydroxylation is 1. The van der Waals surface area contributed by atoms with Crippen molar-refractivity contribution in [3.63, 3.8) is 0 Å². The minimum Gasteiger partial charge on any atom is -0.329 e. The smallest absolute Gasteiger partial charge is 0.123 e. The lowest BCUT2D eigenvalue weighted by molar-refractivity contribution is 0.248. The number of likely N-dealkylation sites (tertiary alicyclic amines) is 1. The molecule has 1 aliphatic rings. The molecule has 3 rings (SSSR count). The molecule has 1 aromatic heterocycles. The first-order chi connectivity index (χ1) is 9.76. The summed E-state index contributed by atoms with van der Waals surface area (Å²) in [6.07, 6.45) is 2.49. The fraction of sp³-hybridized carbons (Fsp3) is 0.438. The molecule has 2 heterocycles. The summed E-state index contributed by atoms with van der Waals surface area (Å²) in [5.74, 6) is 0. The molecule has 1 aliphatic heterocycles. The standard InChI is InChI=1S/C16H21N3S/c1-12-4-6-13(7-5-12)16-18-14(11-20-16)10-19-8-2-3-15(19)9-17/h4-7,11,15H,2-3,8-10,17H2,1H3. The van der Waals surface area contributed by atoms with Gasteiger partial charge in [0.25, 0.3) is 0 Å². The first-order valence-corrected chi connectivity index (χ1v) is 8.10. The van der Waals surface area contributed by atoms with E-state index in [4.69, 9.17) is 10.7 Å². The molecule has 106 valence electrons. The molecule has 1 atom stereocenters. The largest absolute Gasteiger partial charge is 0.329 e. The van der Waals surface area contributed by atoms with E-state index in [1.807, 2.05) is 0 Å². The van der Waals surface area contributed by atoms with Crippen molar-refractivity contribution in [2.24, 2.45) is 5.73 Å². The van der Waals surface area contributed by atoms with Gasteiger partial charge in [-0.15, -0.1) is 11.3 Å². The maximum Gasteiger partial charge on any atom is 0.123 e. The maximum atomic E-state index is 5.83. The third-order valence-corrected chi connectivity index (χ3v) is 4.93. The molecule has 20 heavy (non-hydrogen) atoms. The molecule has 0 bridgehead atoms. The van der Waals surface area contributed by atoms with Gasteiger partial charge in [-0.2, -0.15) is 0 Å². The number of thiazole rings is 1. The summed E-state index contributed by atoms with van der Waals surface area (Å²) in [6.45, 7) is 4.95. The van der Waals surface area contributed by atoms with E-state index in [1.165, 1.54) is 29.7 Å². The van der Waals surface area contributed by atoms with Gasteiger partial charge < -0.3 is 5.73 Å². The highest BCUT2D eigenvalue weighted by Gasteiger charge is 2.23. The molecular formula is C16H21N3S. The van der Waals surface area contributed by atoms with Crippen molar-refractivity contribution in [1.82, 2.24) is 9.88 Å². The third kappa shape index (κ3) is 2.92. The minimum absolute atomic E-state index is 0.541. The summed E-state index contributed by atoms with van der Waals surface area (Å²) in [6, 6.07) is 9.12. The molecule has 1 unspecified atom stereocenters. The maximum absolute atomic E-state index is 5.83. The normalized spacial score (nSPS) is 19.6. The van der Waals surface area contributed by atoms with Gasteiger partial charge in [-0.1, -0.05) is 29.8 Å². The average molecular weight is 287 g/mol. The summed E-state index contributed by atoms with van der Waals surface area (Å²) in [7, 11) is 0. The fourth-order valence-electron chi connectivity index (χ4n) is 2.79. The van der Waals surface area contributed by atoms with Crippen molar-refractivity contribution in [3.05, 3.63) is 40.9 Å². The molecular weight excluding hydrogens is 266 g/mol. The van der Waals surface area contributed by atoms with Gasteiger partial charge >= 0.3 is 0 Å². The van der Waals surface area contributed by atoms with Gasteiger partial charge in [-0.3, -0.25) is 4.90 Å². The van der Waals surface area contributed by atoms with Gasteiger partial charge in [0.2, 0.25) is 0 Å². The summed E-state index contributed by atoms with van der Waals surface area (Å²) in [4.78, 5) is 7.24. The molecule has 0 aliphatic carbocycles. The van der Waals surface area contributed by atoms with Crippen LogP contribution in [0.2, 0.25) is 0 Å². The van der Waals surface area contributed by atoms with Crippen LogP contribution >= 0.6 is 11.3 Å². The molecule has 1 fully saturated rings. The van der Waals surface area contributed by atoms with Crippen LogP contribution in [0.4, 0.5) is 0 Å². The zero-order valence-corrected chi connectivity index (χ0v) is 12.7. The molecule has 2 aromatic rings. The Balaban J connectivity index is 1.72. The summed E-state index contributed by atoms with van der Waals surface area (Å²) in [5.41, 5.74) is 9.50. The van der Waals surface area contributed by atoms with Crippen molar-refractivity contribution < 1.29 is 0 Å². The Kier molecular flexibility index (Phi) is 4.15. The minimum atomic E-state index is 0.541.